The Bertz CT molecular complexity index is 406. The van der Waals surface area contributed by atoms with Crippen LogP contribution < -0.4 is 0 Å². The van der Waals surface area contributed by atoms with Crippen LogP contribution in [0.4, 0.5) is 0 Å². The number of hydrogen-bond acceptors (Lipinski definition) is 3. The third-order valence-corrected chi connectivity index (χ3v) is 11.1. The second-order valence-corrected chi connectivity index (χ2v) is 14.6. The van der Waals surface area contributed by atoms with Crippen molar-refractivity contribution in [3.63, 3.8) is 0 Å². The number of rotatable bonds is 5. The molecule has 2 aliphatic rings. The Morgan fingerprint density at radius 1 is 1.00 bits per heavy atom. The molecule has 0 aromatic heterocycles. The predicted molar refractivity (Wildman–Crippen MR) is 95.8 cm³/mol. The van der Waals surface area contributed by atoms with Crippen molar-refractivity contribution >= 4 is 15.4 Å². The van der Waals surface area contributed by atoms with Gasteiger partial charge in [0, 0.05) is 11.9 Å². The van der Waals surface area contributed by atoms with Crippen molar-refractivity contribution in [2.45, 2.75) is 102 Å². The van der Waals surface area contributed by atoms with Gasteiger partial charge in [-0.1, -0.05) is 20.8 Å². The van der Waals surface area contributed by atoms with Crippen molar-refractivity contribution in [3.8, 4) is 0 Å². The van der Waals surface area contributed by atoms with Gasteiger partial charge in [0.05, 0.1) is 11.2 Å². The molecule has 128 valence electrons. The molecule has 0 N–H and O–H groups in total. The van der Waals surface area contributed by atoms with Crippen molar-refractivity contribution in [2.75, 3.05) is 6.61 Å². The monoisotopic (exact) mass is 326 g/mol. The van der Waals surface area contributed by atoms with Crippen LogP contribution >= 0.6 is 0 Å². The fourth-order valence-corrected chi connectivity index (χ4v) is 3.63. The lowest BCUT2D eigenvalue weighted by molar-refractivity contribution is 0.00578. The van der Waals surface area contributed by atoms with E-state index in [0.717, 1.165) is 13.0 Å². The highest BCUT2D eigenvalue weighted by molar-refractivity contribution is 6.74. The van der Waals surface area contributed by atoms with E-state index in [4.69, 9.17) is 13.7 Å². The molecule has 0 aromatic carbocycles. The zero-order valence-electron chi connectivity index (χ0n) is 16.1. The van der Waals surface area contributed by atoms with Gasteiger partial charge in [-0.05, 0) is 65.1 Å². The van der Waals surface area contributed by atoms with Crippen molar-refractivity contribution in [1.82, 2.24) is 0 Å². The lowest BCUT2D eigenvalue weighted by Gasteiger charge is -2.36. The van der Waals surface area contributed by atoms with E-state index in [9.17, 15) is 0 Å². The summed E-state index contributed by atoms with van der Waals surface area (Å²) < 4.78 is 18.9. The SMILES string of the molecule is CC1(C)OB(C2(CCO[Si](C)(C)C(C)(C)C)CC2)OC1(C)C. The Morgan fingerprint density at radius 3 is 1.82 bits per heavy atom. The zero-order chi connectivity index (χ0) is 17.0. The van der Waals surface area contributed by atoms with Gasteiger partial charge in [0.25, 0.3) is 0 Å². The summed E-state index contributed by atoms with van der Waals surface area (Å²) in [5.41, 5.74) is -0.457. The molecule has 1 heterocycles. The third-order valence-electron chi connectivity index (χ3n) is 6.51. The van der Waals surface area contributed by atoms with Gasteiger partial charge in [0.2, 0.25) is 0 Å². The van der Waals surface area contributed by atoms with Gasteiger partial charge in [-0.15, -0.1) is 0 Å². The maximum Gasteiger partial charge on any atom is 0.464 e. The van der Waals surface area contributed by atoms with Gasteiger partial charge < -0.3 is 13.7 Å². The average molecular weight is 326 g/mol. The van der Waals surface area contributed by atoms with E-state index in [-0.39, 0.29) is 28.7 Å². The molecule has 1 saturated carbocycles. The predicted octanol–water partition coefficient (Wildman–Crippen LogP) is 5.02. The number of hydrogen-bond donors (Lipinski definition) is 0. The normalized spacial score (nSPS) is 26.3. The van der Waals surface area contributed by atoms with E-state index < -0.39 is 8.32 Å². The Balaban J connectivity index is 1.92. The highest BCUT2D eigenvalue weighted by atomic mass is 28.4. The lowest BCUT2D eigenvalue weighted by atomic mass is 9.66. The van der Waals surface area contributed by atoms with Crippen LogP contribution in [0.25, 0.3) is 0 Å². The molecule has 22 heavy (non-hydrogen) atoms. The lowest BCUT2D eigenvalue weighted by Crippen LogP contribution is -2.41. The molecule has 1 saturated heterocycles. The zero-order valence-corrected chi connectivity index (χ0v) is 17.1. The van der Waals surface area contributed by atoms with E-state index in [1.54, 1.807) is 0 Å². The Kier molecular flexibility index (Phi) is 4.48. The minimum Gasteiger partial charge on any atom is -0.417 e. The first kappa shape index (κ1) is 18.5. The molecular weight excluding hydrogens is 291 g/mol. The molecule has 1 aliphatic carbocycles. The summed E-state index contributed by atoms with van der Waals surface area (Å²) in [6, 6.07) is 0. The van der Waals surface area contributed by atoms with Crippen LogP contribution in [-0.4, -0.2) is 33.2 Å². The van der Waals surface area contributed by atoms with Crippen LogP contribution in [0, 0.1) is 0 Å². The summed E-state index contributed by atoms with van der Waals surface area (Å²) in [4.78, 5) is 0. The van der Waals surface area contributed by atoms with Crippen molar-refractivity contribution in [2.24, 2.45) is 0 Å². The molecule has 0 spiro atoms. The molecule has 0 unspecified atom stereocenters. The smallest absolute Gasteiger partial charge is 0.417 e. The summed E-state index contributed by atoms with van der Waals surface area (Å²) in [6.45, 7) is 20.9. The summed E-state index contributed by atoms with van der Waals surface area (Å²) in [6.07, 6.45) is 3.45. The van der Waals surface area contributed by atoms with Gasteiger partial charge in [-0.25, -0.2) is 0 Å². The summed E-state index contributed by atoms with van der Waals surface area (Å²) in [5, 5.41) is 0.460. The van der Waals surface area contributed by atoms with Crippen LogP contribution in [0.2, 0.25) is 23.4 Å². The molecule has 5 heteroatoms. The molecule has 0 atom stereocenters. The fourth-order valence-electron chi connectivity index (χ4n) is 2.58. The molecule has 2 fully saturated rings. The Morgan fingerprint density at radius 2 is 1.45 bits per heavy atom. The van der Waals surface area contributed by atoms with Crippen LogP contribution in [0.3, 0.4) is 0 Å². The Hall–Kier alpha value is 0.162. The molecule has 2 rings (SSSR count). The average Bonchev–Trinajstić information content (AvgIpc) is 3.02. The summed E-state index contributed by atoms with van der Waals surface area (Å²) >= 11 is 0. The van der Waals surface area contributed by atoms with Gasteiger partial charge in [0.1, 0.15) is 0 Å². The molecule has 0 amide bonds. The molecule has 0 aromatic rings. The van der Waals surface area contributed by atoms with Crippen LogP contribution in [0.15, 0.2) is 0 Å². The second-order valence-electron chi connectivity index (χ2n) is 9.81. The largest absolute Gasteiger partial charge is 0.464 e. The third kappa shape index (κ3) is 3.33. The maximum atomic E-state index is 6.36. The topological polar surface area (TPSA) is 27.7 Å². The molecule has 3 nitrogen and oxygen atoms in total. The van der Waals surface area contributed by atoms with Crippen molar-refractivity contribution < 1.29 is 13.7 Å². The maximum absolute atomic E-state index is 6.36. The molecule has 1 aliphatic heterocycles. The minimum atomic E-state index is -1.65. The molecule has 0 radical (unpaired) electrons. The fraction of sp³-hybridized carbons (Fsp3) is 1.00. The van der Waals surface area contributed by atoms with Gasteiger partial charge in [-0.3, -0.25) is 0 Å². The van der Waals surface area contributed by atoms with Crippen LogP contribution in [0.5, 0.6) is 0 Å². The van der Waals surface area contributed by atoms with Crippen LogP contribution in [0.1, 0.15) is 67.7 Å². The van der Waals surface area contributed by atoms with Crippen molar-refractivity contribution in [3.05, 3.63) is 0 Å². The molecule has 0 bridgehead atoms. The summed E-state index contributed by atoms with van der Waals surface area (Å²) in [5.74, 6) is 0. The highest BCUT2D eigenvalue weighted by Gasteiger charge is 2.64. The van der Waals surface area contributed by atoms with E-state index in [1.165, 1.54) is 12.8 Å². The van der Waals surface area contributed by atoms with Crippen LogP contribution in [-0.2, 0) is 13.7 Å². The highest BCUT2D eigenvalue weighted by Crippen LogP contribution is 2.62. The quantitative estimate of drug-likeness (QED) is 0.664. The first-order chi connectivity index (χ1) is 9.73. The van der Waals surface area contributed by atoms with Gasteiger partial charge in [0.15, 0.2) is 8.32 Å². The Labute approximate surface area is 138 Å². The standard InChI is InChI=1S/C17H35BO3Si/c1-14(2,3)22(8,9)19-13-12-17(10-11-17)18-20-15(4,5)16(6,7)21-18/h10-13H2,1-9H3. The van der Waals surface area contributed by atoms with E-state index in [0.29, 0.717) is 0 Å². The summed E-state index contributed by atoms with van der Waals surface area (Å²) in [7, 11) is -1.72. The second kappa shape index (κ2) is 5.33. The first-order valence-electron chi connectivity index (χ1n) is 8.72. The van der Waals surface area contributed by atoms with Gasteiger partial charge >= 0.3 is 7.12 Å². The first-order valence-corrected chi connectivity index (χ1v) is 11.6. The van der Waals surface area contributed by atoms with E-state index in [1.807, 2.05) is 0 Å². The van der Waals surface area contributed by atoms with E-state index >= 15 is 0 Å². The van der Waals surface area contributed by atoms with E-state index in [2.05, 4.69) is 61.6 Å². The van der Waals surface area contributed by atoms with Gasteiger partial charge in [-0.2, -0.15) is 0 Å². The molecular formula is C17H35BO3Si. The van der Waals surface area contributed by atoms with Crippen molar-refractivity contribution in [1.29, 1.82) is 0 Å². The minimum absolute atomic E-state index is 0.0690.